The van der Waals surface area contributed by atoms with Crippen LogP contribution < -0.4 is 11.1 Å². The first-order valence-corrected chi connectivity index (χ1v) is 4.37. The zero-order valence-corrected chi connectivity index (χ0v) is 8.23. The summed E-state index contributed by atoms with van der Waals surface area (Å²) in [5.74, 6) is -1.77. The number of amides is 1. The fourth-order valence-corrected chi connectivity index (χ4v) is 0.825. The van der Waals surface area contributed by atoms with Crippen molar-refractivity contribution in [2.24, 2.45) is 5.73 Å². The van der Waals surface area contributed by atoms with E-state index in [9.17, 15) is 9.59 Å². The minimum atomic E-state index is -1.11. The van der Waals surface area contributed by atoms with Gasteiger partial charge in [-0.3, -0.25) is 4.79 Å². The standard InChI is InChI=1S/C8H16N2O4/c1-3-5(8(13)14)10-7(12)6(9)4(2)11/h4-6,11H,3,9H2,1-2H3,(H,10,12)(H,13,14)/t4-,5+,6+/m1/s1. The van der Waals surface area contributed by atoms with E-state index in [0.717, 1.165) is 0 Å². The summed E-state index contributed by atoms with van der Waals surface area (Å²) < 4.78 is 0. The summed E-state index contributed by atoms with van der Waals surface area (Å²) in [5.41, 5.74) is 5.31. The van der Waals surface area contributed by atoms with Crippen molar-refractivity contribution in [3.63, 3.8) is 0 Å². The van der Waals surface area contributed by atoms with Gasteiger partial charge in [0.15, 0.2) is 0 Å². The van der Waals surface area contributed by atoms with Gasteiger partial charge in [-0.2, -0.15) is 0 Å². The van der Waals surface area contributed by atoms with Gasteiger partial charge in [0.1, 0.15) is 12.1 Å². The summed E-state index contributed by atoms with van der Waals surface area (Å²) in [7, 11) is 0. The van der Waals surface area contributed by atoms with Gasteiger partial charge >= 0.3 is 5.97 Å². The number of carbonyl (C=O) groups excluding carboxylic acids is 1. The number of carboxylic acids is 1. The summed E-state index contributed by atoms with van der Waals surface area (Å²) >= 11 is 0. The minimum absolute atomic E-state index is 0.271. The molecule has 0 aromatic rings. The fraction of sp³-hybridized carbons (Fsp3) is 0.750. The van der Waals surface area contributed by atoms with Crippen LogP contribution in [0.25, 0.3) is 0 Å². The number of hydrogen-bond donors (Lipinski definition) is 4. The molecule has 0 fully saturated rings. The number of carboxylic acid groups (broad SMARTS) is 1. The van der Waals surface area contributed by atoms with Crippen molar-refractivity contribution >= 4 is 11.9 Å². The molecule has 5 N–H and O–H groups in total. The molecule has 0 aromatic heterocycles. The van der Waals surface area contributed by atoms with Crippen molar-refractivity contribution in [2.75, 3.05) is 0 Å². The van der Waals surface area contributed by atoms with Crippen molar-refractivity contribution in [1.29, 1.82) is 0 Å². The molecule has 82 valence electrons. The monoisotopic (exact) mass is 204 g/mol. The van der Waals surface area contributed by atoms with Crippen molar-refractivity contribution in [3.8, 4) is 0 Å². The number of carbonyl (C=O) groups is 2. The summed E-state index contributed by atoms with van der Waals surface area (Å²) in [6, 6.07) is -2.05. The van der Waals surface area contributed by atoms with E-state index in [-0.39, 0.29) is 6.42 Å². The average molecular weight is 204 g/mol. The van der Waals surface area contributed by atoms with Gasteiger partial charge in [-0.15, -0.1) is 0 Å². The third-order valence-corrected chi connectivity index (χ3v) is 1.85. The number of aliphatic hydroxyl groups is 1. The van der Waals surface area contributed by atoms with Gasteiger partial charge in [0.25, 0.3) is 0 Å². The lowest BCUT2D eigenvalue weighted by atomic mass is 10.1. The van der Waals surface area contributed by atoms with Crippen LogP contribution in [0.2, 0.25) is 0 Å². The van der Waals surface area contributed by atoms with Crippen LogP contribution >= 0.6 is 0 Å². The molecule has 0 aliphatic heterocycles. The minimum Gasteiger partial charge on any atom is -0.480 e. The van der Waals surface area contributed by atoms with E-state index < -0.39 is 30.1 Å². The summed E-state index contributed by atoms with van der Waals surface area (Å²) in [6.45, 7) is 3.00. The second-order valence-corrected chi connectivity index (χ2v) is 3.07. The molecule has 0 aliphatic rings. The Bertz CT molecular complexity index is 217. The molecule has 6 nitrogen and oxygen atoms in total. The molecule has 1 amide bonds. The molecule has 0 rings (SSSR count). The molecule has 0 saturated carbocycles. The molecule has 0 unspecified atom stereocenters. The number of rotatable bonds is 5. The smallest absolute Gasteiger partial charge is 0.326 e. The van der Waals surface area contributed by atoms with E-state index in [1.807, 2.05) is 0 Å². The molecule has 0 aromatic carbocycles. The Morgan fingerprint density at radius 1 is 1.50 bits per heavy atom. The van der Waals surface area contributed by atoms with Crippen LogP contribution in [-0.4, -0.2) is 40.3 Å². The molecule has 6 heteroatoms. The molecule has 0 aliphatic carbocycles. The molecule has 0 saturated heterocycles. The van der Waals surface area contributed by atoms with Gasteiger partial charge in [0.05, 0.1) is 6.10 Å². The second-order valence-electron chi connectivity index (χ2n) is 3.07. The van der Waals surface area contributed by atoms with E-state index in [4.69, 9.17) is 15.9 Å². The highest BCUT2D eigenvalue weighted by Gasteiger charge is 2.24. The van der Waals surface area contributed by atoms with Crippen LogP contribution in [0.15, 0.2) is 0 Å². The van der Waals surface area contributed by atoms with Crippen molar-refractivity contribution in [3.05, 3.63) is 0 Å². The molecule has 14 heavy (non-hydrogen) atoms. The molecule has 0 radical (unpaired) electrons. The number of nitrogens with two attached hydrogens (primary N) is 1. The van der Waals surface area contributed by atoms with E-state index in [0.29, 0.717) is 0 Å². The van der Waals surface area contributed by atoms with Crippen molar-refractivity contribution in [1.82, 2.24) is 5.32 Å². The Kier molecular flexibility index (Phi) is 5.11. The lowest BCUT2D eigenvalue weighted by molar-refractivity contribution is -0.142. The molecular formula is C8H16N2O4. The first kappa shape index (κ1) is 12.9. The van der Waals surface area contributed by atoms with Gasteiger partial charge < -0.3 is 21.3 Å². The Labute approximate surface area is 82.1 Å². The maximum Gasteiger partial charge on any atom is 0.326 e. The lowest BCUT2D eigenvalue weighted by Gasteiger charge is -2.17. The highest BCUT2D eigenvalue weighted by Crippen LogP contribution is 1.94. The Balaban J connectivity index is 4.22. The van der Waals surface area contributed by atoms with Crippen LogP contribution in [0.3, 0.4) is 0 Å². The summed E-state index contributed by atoms with van der Waals surface area (Å²) in [5, 5.41) is 19.8. The summed E-state index contributed by atoms with van der Waals surface area (Å²) in [6.07, 6.45) is -0.727. The number of hydrogen-bond acceptors (Lipinski definition) is 4. The van der Waals surface area contributed by atoms with Gasteiger partial charge in [-0.05, 0) is 13.3 Å². The lowest BCUT2D eigenvalue weighted by Crippen LogP contribution is -2.52. The third kappa shape index (κ3) is 3.71. The molecular weight excluding hydrogens is 188 g/mol. The number of aliphatic carboxylic acids is 1. The number of nitrogens with one attached hydrogen (secondary N) is 1. The normalized spacial score (nSPS) is 16.9. The quantitative estimate of drug-likeness (QED) is 0.443. The van der Waals surface area contributed by atoms with Gasteiger partial charge in [-0.1, -0.05) is 6.92 Å². The predicted octanol–water partition coefficient (Wildman–Crippen LogP) is -1.33. The average Bonchev–Trinajstić information content (AvgIpc) is 2.11. The fourth-order valence-electron chi connectivity index (χ4n) is 0.825. The van der Waals surface area contributed by atoms with Crippen LogP contribution in [0, 0.1) is 0 Å². The maximum atomic E-state index is 11.2. The van der Waals surface area contributed by atoms with E-state index >= 15 is 0 Å². The van der Waals surface area contributed by atoms with Crippen LogP contribution in [0.5, 0.6) is 0 Å². The maximum absolute atomic E-state index is 11.2. The van der Waals surface area contributed by atoms with Crippen molar-refractivity contribution in [2.45, 2.75) is 38.5 Å². The zero-order chi connectivity index (χ0) is 11.3. The van der Waals surface area contributed by atoms with E-state index in [1.54, 1.807) is 6.92 Å². The van der Waals surface area contributed by atoms with E-state index in [1.165, 1.54) is 6.92 Å². The molecule has 0 bridgehead atoms. The first-order valence-electron chi connectivity index (χ1n) is 4.37. The van der Waals surface area contributed by atoms with E-state index in [2.05, 4.69) is 5.32 Å². The van der Waals surface area contributed by atoms with Crippen molar-refractivity contribution < 1.29 is 19.8 Å². The molecule has 0 heterocycles. The third-order valence-electron chi connectivity index (χ3n) is 1.85. The van der Waals surface area contributed by atoms with Crippen LogP contribution in [0.1, 0.15) is 20.3 Å². The Hall–Kier alpha value is -1.14. The SMILES string of the molecule is CC[C@H](NC(=O)[C@@H](N)[C@@H](C)O)C(=O)O. The largest absolute Gasteiger partial charge is 0.480 e. The predicted molar refractivity (Wildman–Crippen MR) is 49.5 cm³/mol. The highest BCUT2D eigenvalue weighted by molar-refractivity contribution is 5.87. The Morgan fingerprint density at radius 3 is 2.29 bits per heavy atom. The topological polar surface area (TPSA) is 113 Å². The van der Waals surface area contributed by atoms with Gasteiger partial charge in [0, 0.05) is 0 Å². The zero-order valence-electron chi connectivity index (χ0n) is 8.23. The first-order chi connectivity index (χ1) is 6.40. The van der Waals surface area contributed by atoms with Gasteiger partial charge in [-0.25, -0.2) is 4.79 Å². The molecule has 3 atom stereocenters. The highest BCUT2D eigenvalue weighted by atomic mass is 16.4. The summed E-state index contributed by atoms with van der Waals surface area (Å²) in [4.78, 5) is 21.7. The molecule has 0 spiro atoms. The Morgan fingerprint density at radius 2 is 2.00 bits per heavy atom. The van der Waals surface area contributed by atoms with Crippen LogP contribution in [-0.2, 0) is 9.59 Å². The van der Waals surface area contributed by atoms with Gasteiger partial charge in [0.2, 0.25) is 5.91 Å². The number of aliphatic hydroxyl groups excluding tert-OH is 1. The second kappa shape index (κ2) is 5.56. The van der Waals surface area contributed by atoms with Crippen LogP contribution in [0.4, 0.5) is 0 Å².